The van der Waals surface area contributed by atoms with Gasteiger partial charge in [0.15, 0.2) is 0 Å². The molecule has 0 fully saturated rings. The largest absolute Gasteiger partial charge is 0.326 e. The lowest BCUT2D eigenvalue weighted by atomic mass is 10.0. The molecule has 2 aromatic carbocycles. The molecule has 0 saturated heterocycles. The lowest BCUT2D eigenvalue weighted by Crippen LogP contribution is -2.12. The SMILES string of the molecule is Cc1ccc(CCC(=O)Nc2ccc(I)cc2)cc1C. The van der Waals surface area contributed by atoms with Crippen molar-refractivity contribution in [2.45, 2.75) is 26.7 Å². The molecule has 0 unspecified atom stereocenters. The number of halogens is 1. The zero-order chi connectivity index (χ0) is 14.5. The van der Waals surface area contributed by atoms with Gasteiger partial charge in [-0.3, -0.25) is 4.79 Å². The van der Waals surface area contributed by atoms with Crippen LogP contribution in [0.4, 0.5) is 5.69 Å². The average Bonchev–Trinajstić information content (AvgIpc) is 2.43. The van der Waals surface area contributed by atoms with E-state index in [9.17, 15) is 4.79 Å². The van der Waals surface area contributed by atoms with Gasteiger partial charge in [0.2, 0.25) is 5.91 Å². The first-order valence-corrected chi connectivity index (χ1v) is 7.74. The van der Waals surface area contributed by atoms with Crippen LogP contribution in [0.2, 0.25) is 0 Å². The number of anilines is 1. The van der Waals surface area contributed by atoms with Gasteiger partial charge in [-0.15, -0.1) is 0 Å². The first-order chi connectivity index (χ1) is 9.54. The lowest BCUT2D eigenvalue weighted by Gasteiger charge is -2.07. The van der Waals surface area contributed by atoms with Crippen LogP contribution in [0.1, 0.15) is 23.1 Å². The normalized spacial score (nSPS) is 10.3. The van der Waals surface area contributed by atoms with Gasteiger partial charge in [-0.05, 0) is 83.8 Å². The van der Waals surface area contributed by atoms with E-state index >= 15 is 0 Å². The Morgan fingerprint density at radius 2 is 1.75 bits per heavy atom. The standard InChI is InChI=1S/C17H18INO/c1-12-3-4-14(11-13(12)2)5-10-17(20)19-16-8-6-15(18)7-9-16/h3-4,6-9,11H,5,10H2,1-2H3,(H,19,20). The average molecular weight is 379 g/mol. The predicted octanol–water partition coefficient (Wildman–Crippen LogP) is 4.48. The van der Waals surface area contributed by atoms with Crippen LogP contribution in [-0.4, -0.2) is 5.91 Å². The molecule has 0 spiro atoms. The van der Waals surface area contributed by atoms with E-state index in [0.717, 1.165) is 15.7 Å². The summed E-state index contributed by atoms with van der Waals surface area (Å²) in [7, 11) is 0. The lowest BCUT2D eigenvalue weighted by molar-refractivity contribution is -0.116. The molecule has 0 aromatic heterocycles. The topological polar surface area (TPSA) is 29.1 Å². The molecular formula is C17H18INO. The van der Waals surface area contributed by atoms with Crippen LogP contribution in [-0.2, 0) is 11.2 Å². The smallest absolute Gasteiger partial charge is 0.224 e. The van der Waals surface area contributed by atoms with Gasteiger partial charge in [-0.1, -0.05) is 18.2 Å². The summed E-state index contributed by atoms with van der Waals surface area (Å²) in [6.45, 7) is 4.20. The van der Waals surface area contributed by atoms with E-state index in [1.807, 2.05) is 24.3 Å². The highest BCUT2D eigenvalue weighted by Crippen LogP contribution is 2.14. The number of hydrogen-bond donors (Lipinski definition) is 1. The second-order valence-corrected chi connectivity index (χ2v) is 6.22. The number of carbonyl (C=O) groups excluding carboxylic acids is 1. The van der Waals surface area contributed by atoms with E-state index in [1.54, 1.807) is 0 Å². The van der Waals surface area contributed by atoms with Crippen LogP contribution < -0.4 is 5.32 Å². The quantitative estimate of drug-likeness (QED) is 0.780. The molecular weight excluding hydrogens is 361 g/mol. The van der Waals surface area contributed by atoms with E-state index in [2.05, 4.69) is 60.0 Å². The molecule has 2 aromatic rings. The molecule has 0 radical (unpaired) electrons. The molecule has 0 aliphatic heterocycles. The molecule has 0 atom stereocenters. The van der Waals surface area contributed by atoms with Crippen LogP contribution in [0.5, 0.6) is 0 Å². The fourth-order valence-corrected chi connectivity index (χ4v) is 2.33. The van der Waals surface area contributed by atoms with Crippen LogP contribution in [0, 0.1) is 17.4 Å². The van der Waals surface area contributed by atoms with Gasteiger partial charge in [-0.25, -0.2) is 0 Å². The van der Waals surface area contributed by atoms with E-state index in [4.69, 9.17) is 0 Å². The van der Waals surface area contributed by atoms with E-state index < -0.39 is 0 Å². The third-order valence-electron chi connectivity index (χ3n) is 3.34. The molecule has 1 amide bonds. The van der Waals surface area contributed by atoms with Crippen LogP contribution in [0.25, 0.3) is 0 Å². The first kappa shape index (κ1) is 15.0. The van der Waals surface area contributed by atoms with Crippen molar-refractivity contribution in [2.75, 3.05) is 5.32 Å². The van der Waals surface area contributed by atoms with Gasteiger partial charge in [0.25, 0.3) is 0 Å². The fourth-order valence-electron chi connectivity index (χ4n) is 1.97. The van der Waals surface area contributed by atoms with Crippen molar-refractivity contribution in [2.24, 2.45) is 0 Å². The monoisotopic (exact) mass is 379 g/mol. The number of hydrogen-bond acceptors (Lipinski definition) is 1. The summed E-state index contributed by atoms with van der Waals surface area (Å²) < 4.78 is 1.16. The Kier molecular flexibility index (Phi) is 5.17. The summed E-state index contributed by atoms with van der Waals surface area (Å²) in [6, 6.07) is 14.2. The number of carbonyl (C=O) groups is 1. The molecule has 0 aliphatic carbocycles. The molecule has 1 N–H and O–H groups in total. The second-order valence-electron chi connectivity index (χ2n) is 4.97. The number of amides is 1. The summed E-state index contributed by atoms with van der Waals surface area (Å²) in [5.41, 5.74) is 4.64. The van der Waals surface area contributed by atoms with Crippen molar-refractivity contribution in [3.8, 4) is 0 Å². The predicted molar refractivity (Wildman–Crippen MR) is 92.0 cm³/mol. The molecule has 2 nitrogen and oxygen atoms in total. The van der Waals surface area contributed by atoms with Gasteiger partial charge in [0.1, 0.15) is 0 Å². The van der Waals surface area contributed by atoms with Gasteiger partial charge in [0.05, 0.1) is 0 Å². The summed E-state index contributed by atoms with van der Waals surface area (Å²) in [6.07, 6.45) is 1.28. The first-order valence-electron chi connectivity index (χ1n) is 6.66. The number of rotatable bonds is 4. The van der Waals surface area contributed by atoms with E-state index in [1.165, 1.54) is 16.7 Å². The molecule has 0 saturated carbocycles. The minimum atomic E-state index is 0.0597. The maximum absolute atomic E-state index is 11.9. The molecule has 0 bridgehead atoms. The van der Waals surface area contributed by atoms with Crippen molar-refractivity contribution in [3.05, 3.63) is 62.7 Å². The Bertz CT molecular complexity index is 605. The third-order valence-corrected chi connectivity index (χ3v) is 4.06. The highest BCUT2D eigenvalue weighted by atomic mass is 127. The Balaban J connectivity index is 1.88. The van der Waals surface area contributed by atoms with Gasteiger partial charge in [-0.2, -0.15) is 0 Å². The third kappa shape index (κ3) is 4.34. The van der Waals surface area contributed by atoms with Gasteiger partial charge >= 0.3 is 0 Å². The Labute approximate surface area is 133 Å². The van der Waals surface area contributed by atoms with Gasteiger partial charge < -0.3 is 5.32 Å². The molecule has 104 valence electrons. The highest BCUT2D eigenvalue weighted by molar-refractivity contribution is 14.1. The summed E-state index contributed by atoms with van der Waals surface area (Å²) in [5.74, 6) is 0.0597. The fraction of sp³-hybridized carbons (Fsp3) is 0.235. The maximum Gasteiger partial charge on any atom is 0.224 e. The minimum Gasteiger partial charge on any atom is -0.326 e. The Morgan fingerprint density at radius 1 is 1.05 bits per heavy atom. The zero-order valence-electron chi connectivity index (χ0n) is 11.7. The minimum absolute atomic E-state index is 0.0597. The molecule has 0 heterocycles. The molecule has 3 heteroatoms. The Morgan fingerprint density at radius 3 is 2.40 bits per heavy atom. The van der Waals surface area contributed by atoms with Crippen molar-refractivity contribution in [1.82, 2.24) is 0 Å². The molecule has 0 aliphatic rings. The summed E-state index contributed by atoms with van der Waals surface area (Å²) in [4.78, 5) is 11.9. The Hall–Kier alpha value is -1.36. The van der Waals surface area contributed by atoms with Gasteiger partial charge in [0, 0.05) is 15.7 Å². The maximum atomic E-state index is 11.9. The van der Waals surface area contributed by atoms with Crippen LogP contribution >= 0.6 is 22.6 Å². The molecule has 20 heavy (non-hydrogen) atoms. The van der Waals surface area contributed by atoms with Crippen molar-refractivity contribution in [1.29, 1.82) is 0 Å². The van der Waals surface area contributed by atoms with Crippen molar-refractivity contribution >= 4 is 34.2 Å². The zero-order valence-corrected chi connectivity index (χ0v) is 13.9. The van der Waals surface area contributed by atoms with E-state index in [0.29, 0.717) is 6.42 Å². The van der Waals surface area contributed by atoms with Crippen molar-refractivity contribution in [3.63, 3.8) is 0 Å². The van der Waals surface area contributed by atoms with E-state index in [-0.39, 0.29) is 5.91 Å². The number of benzene rings is 2. The number of nitrogens with one attached hydrogen (secondary N) is 1. The van der Waals surface area contributed by atoms with Crippen molar-refractivity contribution < 1.29 is 4.79 Å². The number of aryl methyl sites for hydroxylation is 3. The highest BCUT2D eigenvalue weighted by Gasteiger charge is 2.04. The summed E-state index contributed by atoms with van der Waals surface area (Å²) in [5, 5.41) is 2.92. The van der Waals surface area contributed by atoms with Crippen LogP contribution in [0.15, 0.2) is 42.5 Å². The summed E-state index contributed by atoms with van der Waals surface area (Å²) >= 11 is 2.25. The molecule has 2 rings (SSSR count). The van der Waals surface area contributed by atoms with Crippen LogP contribution in [0.3, 0.4) is 0 Å². The second kappa shape index (κ2) is 6.88.